The molecule has 6 aromatic rings. The number of aliphatic hydroxyl groups is 6. The van der Waals surface area contributed by atoms with Gasteiger partial charge in [0.15, 0.2) is 34.6 Å². The van der Waals surface area contributed by atoms with Crippen LogP contribution in [0.5, 0.6) is 40.2 Å². The number of carboxylic acid groups (broad SMARTS) is 2. The Morgan fingerprint density at radius 2 is 0.923 bits per heavy atom. The third-order valence-electron chi connectivity index (χ3n) is 10.1. The van der Waals surface area contributed by atoms with Gasteiger partial charge in [-0.1, -0.05) is 0 Å². The first-order chi connectivity index (χ1) is 30.7. The Balaban J connectivity index is 0.000000194. The highest BCUT2D eigenvalue weighted by Gasteiger charge is 2.49. The van der Waals surface area contributed by atoms with Crippen molar-refractivity contribution < 1.29 is 104 Å². The summed E-state index contributed by atoms with van der Waals surface area (Å²) in [5.74, 6) is -6.12. The van der Waals surface area contributed by atoms with E-state index in [2.05, 4.69) is 0 Å². The summed E-state index contributed by atoms with van der Waals surface area (Å²) >= 11 is 0. The quantitative estimate of drug-likeness (QED) is 0.0893. The van der Waals surface area contributed by atoms with Crippen LogP contribution in [0.25, 0.3) is 44.6 Å². The lowest BCUT2D eigenvalue weighted by Gasteiger charge is -2.38. The molecule has 0 bridgehead atoms. The lowest BCUT2D eigenvalue weighted by Crippen LogP contribution is -2.61. The minimum atomic E-state index is -1.96. The van der Waals surface area contributed by atoms with Gasteiger partial charge in [-0.15, -0.1) is 0 Å². The van der Waals surface area contributed by atoms with E-state index in [1.54, 1.807) is 0 Å². The number of fused-ring (bicyclic) bond motifs is 2. The molecule has 4 aromatic carbocycles. The van der Waals surface area contributed by atoms with Gasteiger partial charge < -0.3 is 94.2 Å². The van der Waals surface area contributed by atoms with Crippen molar-refractivity contribution in [1.82, 2.24) is 0 Å². The maximum atomic E-state index is 12.6. The molecular weight excluding hydrogens is 872 g/mol. The second-order valence-electron chi connectivity index (χ2n) is 14.5. The molecular formula is C42H36O23. The molecule has 23 nitrogen and oxygen atoms in total. The van der Waals surface area contributed by atoms with Crippen molar-refractivity contribution in [1.29, 1.82) is 0 Å². The van der Waals surface area contributed by atoms with Crippen LogP contribution < -0.4 is 20.3 Å². The normalized spacial score (nSPS) is 25.3. The maximum Gasteiger partial charge on any atom is 0.335 e. The number of aromatic hydroxyl groups is 5. The molecule has 0 amide bonds. The number of aliphatic carboxylic acids is 2. The van der Waals surface area contributed by atoms with Gasteiger partial charge in [-0.2, -0.15) is 0 Å². The molecule has 2 saturated heterocycles. The van der Waals surface area contributed by atoms with E-state index in [1.165, 1.54) is 54.6 Å². The summed E-state index contributed by atoms with van der Waals surface area (Å²) in [6, 6.07) is 17.0. The Labute approximate surface area is 360 Å². The van der Waals surface area contributed by atoms with Crippen LogP contribution >= 0.6 is 0 Å². The van der Waals surface area contributed by atoms with Crippen molar-refractivity contribution in [3.63, 3.8) is 0 Å². The van der Waals surface area contributed by atoms with Gasteiger partial charge in [0.2, 0.25) is 18.3 Å². The van der Waals surface area contributed by atoms with Crippen LogP contribution in [0.4, 0.5) is 0 Å². The molecule has 13 N–H and O–H groups in total. The summed E-state index contributed by atoms with van der Waals surface area (Å²) in [6.07, 6.45) is -18.8. The van der Waals surface area contributed by atoms with Crippen molar-refractivity contribution >= 4 is 33.9 Å². The summed E-state index contributed by atoms with van der Waals surface area (Å²) in [5, 5.41) is 127. The van der Waals surface area contributed by atoms with Gasteiger partial charge in [0, 0.05) is 41.5 Å². The first kappa shape index (κ1) is 45.5. The van der Waals surface area contributed by atoms with Crippen molar-refractivity contribution in [2.24, 2.45) is 0 Å². The van der Waals surface area contributed by atoms with E-state index < -0.39 is 107 Å². The molecule has 0 saturated carbocycles. The van der Waals surface area contributed by atoms with Gasteiger partial charge in [-0.05, 0) is 48.5 Å². The zero-order valence-electron chi connectivity index (χ0n) is 32.7. The van der Waals surface area contributed by atoms with Crippen LogP contribution in [0.3, 0.4) is 0 Å². The van der Waals surface area contributed by atoms with Crippen LogP contribution in [0.15, 0.2) is 97.3 Å². The first-order valence-electron chi connectivity index (χ1n) is 18.8. The molecule has 342 valence electrons. The number of phenolic OH excluding ortho intramolecular Hbond substituents is 5. The fraction of sp³-hybridized carbons (Fsp3) is 0.238. The maximum absolute atomic E-state index is 12.6. The molecule has 2 aliphatic rings. The Morgan fingerprint density at radius 1 is 0.492 bits per heavy atom. The lowest BCUT2D eigenvalue weighted by molar-refractivity contribution is -0.271. The molecule has 6 unspecified atom stereocenters. The molecule has 0 spiro atoms. The van der Waals surface area contributed by atoms with Crippen molar-refractivity contribution in [2.75, 3.05) is 0 Å². The highest BCUT2D eigenvalue weighted by atomic mass is 16.7. The van der Waals surface area contributed by atoms with Crippen molar-refractivity contribution in [3.05, 3.63) is 99.3 Å². The van der Waals surface area contributed by atoms with Crippen LogP contribution in [-0.2, 0) is 19.1 Å². The summed E-state index contributed by atoms with van der Waals surface area (Å²) in [4.78, 5) is 47.6. The van der Waals surface area contributed by atoms with E-state index in [4.69, 9.17) is 38.0 Å². The smallest absolute Gasteiger partial charge is 0.335 e. The molecule has 2 fully saturated rings. The van der Waals surface area contributed by atoms with Gasteiger partial charge in [0.25, 0.3) is 0 Å². The van der Waals surface area contributed by atoms with E-state index in [0.717, 1.165) is 24.3 Å². The Morgan fingerprint density at radius 3 is 1.38 bits per heavy atom. The van der Waals surface area contributed by atoms with E-state index in [9.17, 15) is 75.3 Å². The number of rotatable bonds is 8. The molecule has 4 heterocycles. The summed E-state index contributed by atoms with van der Waals surface area (Å²) in [5.41, 5.74) is -0.712. The zero-order chi connectivity index (χ0) is 47.2. The van der Waals surface area contributed by atoms with Crippen molar-refractivity contribution in [3.8, 4) is 62.9 Å². The van der Waals surface area contributed by atoms with Gasteiger partial charge in [-0.3, -0.25) is 9.59 Å². The second-order valence-corrected chi connectivity index (χ2v) is 14.5. The van der Waals surface area contributed by atoms with Gasteiger partial charge in [-0.25, -0.2) is 9.59 Å². The number of carboxylic acids is 2. The van der Waals surface area contributed by atoms with E-state index in [1.807, 2.05) is 0 Å². The average Bonchev–Trinajstić information content (AvgIpc) is 3.25. The van der Waals surface area contributed by atoms with E-state index >= 15 is 0 Å². The third kappa shape index (κ3) is 9.01. The molecule has 8 rings (SSSR count). The van der Waals surface area contributed by atoms with Gasteiger partial charge in [0.05, 0.1) is 0 Å². The summed E-state index contributed by atoms with van der Waals surface area (Å²) < 4.78 is 32.0. The fourth-order valence-electron chi connectivity index (χ4n) is 6.76. The predicted molar refractivity (Wildman–Crippen MR) is 214 cm³/mol. The Hall–Kier alpha value is -7.48. The second kappa shape index (κ2) is 17.9. The van der Waals surface area contributed by atoms with E-state index in [-0.39, 0.29) is 50.7 Å². The van der Waals surface area contributed by atoms with Gasteiger partial charge in [0.1, 0.15) is 93.1 Å². The number of ether oxygens (including phenoxy) is 4. The number of phenols is 5. The molecule has 0 radical (unpaired) electrons. The molecule has 2 aliphatic heterocycles. The van der Waals surface area contributed by atoms with Crippen molar-refractivity contribution in [2.45, 2.75) is 61.4 Å². The summed E-state index contributed by atoms with van der Waals surface area (Å²) in [7, 11) is 0. The minimum Gasteiger partial charge on any atom is -0.508 e. The van der Waals surface area contributed by atoms with Gasteiger partial charge >= 0.3 is 11.9 Å². The number of hydrogen-bond acceptors (Lipinski definition) is 21. The molecule has 2 aromatic heterocycles. The first-order valence-corrected chi connectivity index (χ1v) is 18.8. The standard InChI is InChI=1S/C21H18O12.C21H18O11/c22-8-3-1-7(2-4-8)10-5-9(23)13-11(31-10)6-12(14(24)15(13)25)32-21-18(28)16(26)17(27)19(33-21)20(29)30;22-9-3-1-8(2-4-9)13-7-12(24)15-11(23)5-10(6-14(15)31-13)30-21-18(27)16(25)17(26)19(32-21)20(28)29/h1-6,16-19,21-22,24-28H,(H,29,30);1-7,16-19,21-23,25-27H,(H,28,29)/t2*16?,17-,18?,19?,21+/m00/s1. The number of carbonyl (C=O) groups is 2. The zero-order valence-corrected chi connectivity index (χ0v) is 32.7. The highest BCUT2D eigenvalue weighted by Crippen LogP contribution is 2.43. The molecule has 65 heavy (non-hydrogen) atoms. The number of hydrogen-bond donors (Lipinski definition) is 13. The predicted octanol–water partition coefficient (Wildman–Crippen LogP) is -0.0100. The number of aliphatic hydroxyl groups excluding tert-OH is 6. The fourth-order valence-corrected chi connectivity index (χ4v) is 6.76. The van der Waals surface area contributed by atoms with Crippen LogP contribution in [0, 0.1) is 0 Å². The van der Waals surface area contributed by atoms with Crippen LogP contribution in [-0.4, -0.2) is 140 Å². The Kier molecular flexibility index (Phi) is 12.6. The average molecular weight is 909 g/mol. The SMILES string of the molecule is O=C(O)C1O[C@@H](Oc2cc(O)c3c(=O)cc(-c4ccc(O)cc4)oc3c2)C(O)C(O)[C@@H]1O.O=C(O)C1O[C@@H](Oc2cc3oc(-c4ccc(O)cc4)cc(=O)c3c(O)c2O)C(O)C(O)[C@@H]1O. The Bertz CT molecular complexity index is 2870. The largest absolute Gasteiger partial charge is 0.508 e. The van der Waals surface area contributed by atoms with Crippen LogP contribution in [0.2, 0.25) is 0 Å². The summed E-state index contributed by atoms with van der Waals surface area (Å²) in [6.45, 7) is 0. The monoisotopic (exact) mass is 908 g/mol. The minimum absolute atomic E-state index is 0.0156. The molecule has 0 aliphatic carbocycles. The number of benzene rings is 4. The highest BCUT2D eigenvalue weighted by molar-refractivity contribution is 5.89. The van der Waals surface area contributed by atoms with Crippen LogP contribution in [0.1, 0.15) is 0 Å². The third-order valence-corrected chi connectivity index (χ3v) is 10.1. The molecule has 23 heteroatoms. The topological polar surface area (TPSA) is 394 Å². The molecule has 10 atom stereocenters. The lowest BCUT2D eigenvalue weighted by atomic mass is 9.99. The van der Waals surface area contributed by atoms with E-state index in [0.29, 0.717) is 11.1 Å².